The molecule has 16 heavy (non-hydrogen) atoms. The Morgan fingerprint density at radius 3 is 2.75 bits per heavy atom. The largest absolute Gasteiger partial charge is 0.399 e. The first-order chi connectivity index (χ1) is 7.45. The highest BCUT2D eigenvalue weighted by atomic mass is 32.2. The highest BCUT2D eigenvalue weighted by Gasteiger charge is 2.16. The first-order valence-electron chi connectivity index (χ1n) is 4.85. The summed E-state index contributed by atoms with van der Waals surface area (Å²) in [6, 6.07) is 6.88. The van der Waals surface area contributed by atoms with Crippen LogP contribution in [0.2, 0.25) is 0 Å². The van der Waals surface area contributed by atoms with E-state index in [1.807, 2.05) is 0 Å². The van der Waals surface area contributed by atoms with Crippen LogP contribution in [0.4, 0.5) is 5.69 Å². The molecule has 1 rings (SSSR count). The van der Waals surface area contributed by atoms with Crippen molar-refractivity contribution in [2.45, 2.75) is 5.75 Å². The van der Waals surface area contributed by atoms with Crippen LogP contribution in [0.25, 0.3) is 0 Å². The molecule has 0 bridgehead atoms. The molecular formula is C11H16N2O2S. The maximum absolute atomic E-state index is 11.8. The van der Waals surface area contributed by atoms with Crippen LogP contribution in [0.5, 0.6) is 0 Å². The van der Waals surface area contributed by atoms with Gasteiger partial charge in [0.25, 0.3) is 0 Å². The molecule has 0 amide bonds. The van der Waals surface area contributed by atoms with Gasteiger partial charge in [0, 0.05) is 19.3 Å². The maximum Gasteiger partial charge on any atom is 0.218 e. The lowest BCUT2D eigenvalue weighted by molar-refractivity contribution is 0.498. The zero-order valence-corrected chi connectivity index (χ0v) is 10.1. The molecule has 0 saturated heterocycles. The van der Waals surface area contributed by atoms with Crippen molar-refractivity contribution in [3.05, 3.63) is 42.5 Å². The van der Waals surface area contributed by atoms with Crippen LogP contribution in [0.15, 0.2) is 36.9 Å². The van der Waals surface area contributed by atoms with Crippen molar-refractivity contribution in [3.63, 3.8) is 0 Å². The third-order valence-corrected chi connectivity index (χ3v) is 3.96. The Labute approximate surface area is 96.4 Å². The summed E-state index contributed by atoms with van der Waals surface area (Å²) in [7, 11) is -1.75. The van der Waals surface area contributed by atoms with E-state index >= 15 is 0 Å². The lowest BCUT2D eigenvalue weighted by atomic mass is 10.2. The van der Waals surface area contributed by atoms with Gasteiger partial charge in [-0.2, -0.15) is 0 Å². The molecule has 0 atom stereocenters. The molecule has 0 fully saturated rings. The number of nitrogens with zero attached hydrogens (tertiary/aromatic N) is 1. The van der Waals surface area contributed by atoms with Crippen molar-refractivity contribution in [1.82, 2.24) is 4.31 Å². The van der Waals surface area contributed by atoms with E-state index in [1.165, 1.54) is 11.4 Å². The lowest BCUT2D eigenvalue weighted by Gasteiger charge is -2.15. The molecule has 4 nitrogen and oxygen atoms in total. The van der Waals surface area contributed by atoms with E-state index in [2.05, 4.69) is 6.58 Å². The molecule has 0 unspecified atom stereocenters. The second kappa shape index (κ2) is 5.14. The average molecular weight is 240 g/mol. The molecule has 88 valence electrons. The van der Waals surface area contributed by atoms with Crippen LogP contribution in [0, 0.1) is 0 Å². The average Bonchev–Trinajstić information content (AvgIpc) is 2.17. The summed E-state index contributed by atoms with van der Waals surface area (Å²) in [5.74, 6) is -0.0393. The monoisotopic (exact) mass is 240 g/mol. The van der Waals surface area contributed by atoms with Gasteiger partial charge < -0.3 is 5.73 Å². The molecule has 0 aliphatic heterocycles. The smallest absolute Gasteiger partial charge is 0.218 e. The predicted molar refractivity (Wildman–Crippen MR) is 66.3 cm³/mol. The van der Waals surface area contributed by atoms with E-state index < -0.39 is 10.0 Å². The number of nitrogen functional groups attached to an aromatic ring is 1. The topological polar surface area (TPSA) is 63.4 Å². The van der Waals surface area contributed by atoms with Crippen LogP contribution in [-0.2, 0) is 15.8 Å². The molecule has 0 aliphatic carbocycles. The van der Waals surface area contributed by atoms with E-state index in [0.717, 1.165) is 0 Å². The van der Waals surface area contributed by atoms with Crippen molar-refractivity contribution in [2.24, 2.45) is 0 Å². The molecule has 0 saturated carbocycles. The van der Waals surface area contributed by atoms with Crippen LogP contribution in [0.3, 0.4) is 0 Å². The lowest BCUT2D eigenvalue weighted by Crippen LogP contribution is -2.28. The van der Waals surface area contributed by atoms with Crippen molar-refractivity contribution >= 4 is 15.7 Å². The van der Waals surface area contributed by atoms with Crippen molar-refractivity contribution in [3.8, 4) is 0 Å². The Morgan fingerprint density at radius 2 is 2.19 bits per heavy atom. The second-order valence-corrected chi connectivity index (χ2v) is 5.65. The molecule has 0 radical (unpaired) electrons. The molecule has 1 aromatic carbocycles. The first-order valence-corrected chi connectivity index (χ1v) is 6.46. The minimum absolute atomic E-state index is 0.0393. The van der Waals surface area contributed by atoms with E-state index in [9.17, 15) is 8.42 Å². The Morgan fingerprint density at radius 1 is 1.50 bits per heavy atom. The summed E-state index contributed by atoms with van der Waals surface area (Å²) in [4.78, 5) is 0. The molecule has 0 spiro atoms. The zero-order chi connectivity index (χ0) is 12.2. The Bertz CT molecular complexity index is 469. The first kappa shape index (κ1) is 12.7. The van der Waals surface area contributed by atoms with Gasteiger partial charge >= 0.3 is 0 Å². The molecule has 0 aliphatic rings. The van der Waals surface area contributed by atoms with Crippen LogP contribution in [0.1, 0.15) is 5.56 Å². The highest BCUT2D eigenvalue weighted by Crippen LogP contribution is 2.12. The standard InChI is InChI=1S/C11H16N2O2S/c1-3-7-13(2)16(14,15)9-10-5-4-6-11(12)8-10/h3-6,8H,1,7,9,12H2,2H3. The summed E-state index contributed by atoms with van der Waals surface area (Å²) >= 11 is 0. The van der Waals surface area contributed by atoms with Crippen LogP contribution >= 0.6 is 0 Å². The summed E-state index contributed by atoms with van der Waals surface area (Å²) in [6.45, 7) is 3.82. The third-order valence-electron chi connectivity index (χ3n) is 2.16. The zero-order valence-electron chi connectivity index (χ0n) is 9.26. The summed E-state index contributed by atoms with van der Waals surface area (Å²) in [6.07, 6.45) is 1.55. The van der Waals surface area contributed by atoms with Gasteiger partial charge in [0.1, 0.15) is 0 Å². The van der Waals surface area contributed by atoms with Gasteiger partial charge in [-0.1, -0.05) is 18.2 Å². The third kappa shape index (κ3) is 3.36. The van der Waals surface area contributed by atoms with Gasteiger partial charge in [-0.15, -0.1) is 6.58 Å². The number of likely N-dealkylation sites (N-methyl/N-ethyl adjacent to an activating group) is 1. The number of hydrogen-bond donors (Lipinski definition) is 1. The normalized spacial score (nSPS) is 11.6. The summed E-state index contributed by atoms with van der Waals surface area (Å²) < 4.78 is 24.9. The quantitative estimate of drug-likeness (QED) is 0.621. The molecule has 2 N–H and O–H groups in total. The fraction of sp³-hybridized carbons (Fsp3) is 0.273. The van der Waals surface area contributed by atoms with Crippen molar-refractivity contribution in [2.75, 3.05) is 19.3 Å². The van der Waals surface area contributed by atoms with Crippen molar-refractivity contribution < 1.29 is 8.42 Å². The number of hydrogen-bond acceptors (Lipinski definition) is 3. The van der Waals surface area contributed by atoms with Crippen LogP contribution in [-0.4, -0.2) is 26.3 Å². The number of anilines is 1. The minimum atomic E-state index is -3.29. The van der Waals surface area contributed by atoms with Crippen LogP contribution < -0.4 is 5.73 Å². The Balaban J connectivity index is 2.84. The fourth-order valence-electron chi connectivity index (χ4n) is 1.30. The number of nitrogens with two attached hydrogens (primary N) is 1. The SMILES string of the molecule is C=CCN(C)S(=O)(=O)Cc1cccc(N)c1. The number of benzene rings is 1. The van der Waals surface area contributed by atoms with E-state index in [0.29, 0.717) is 17.8 Å². The molecule has 0 aromatic heterocycles. The number of rotatable bonds is 5. The van der Waals surface area contributed by atoms with E-state index in [-0.39, 0.29) is 5.75 Å². The molecule has 0 heterocycles. The number of sulfonamides is 1. The summed E-state index contributed by atoms with van der Waals surface area (Å²) in [5, 5.41) is 0. The van der Waals surface area contributed by atoms with Gasteiger partial charge in [-0.25, -0.2) is 12.7 Å². The van der Waals surface area contributed by atoms with Gasteiger partial charge in [0.2, 0.25) is 10.0 Å². The van der Waals surface area contributed by atoms with E-state index in [1.54, 1.807) is 30.3 Å². The second-order valence-electron chi connectivity index (χ2n) is 3.57. The van der Waals surface area contributed by atoms with E-state index in [4.69, 9.17) is 5.73 Å². The van der Waals surface area contributed by atoms with Gasteiger partial charge in [0.15, 0.2) is 0 Å². The summed E-state index contributed by atoms with van der Waals surface area (Å²) in [5.41, 5.74) is 6.85. The minimum Gasteiger partial charge on any atom is -0.399 e. The van der Waals surface area contributed by atoms with Gasteiger partial charge in [-0.05, 0) is 17.7 Å². The molecular weight excluding hydrogens is 224 g/mol. The van der Waals surface area contributed by atoms with Crippen molar-refractivity contribution in [1.29, 1.82) is 0 Å². The molecule has 5 heteroatoms. The predicted octanol–water partition coefficient (Wildman–Crippen LogP) is 1.22. The maximum atomic E-state index is 11.8. The molecule has 1 aromatic rings. The fourth-order valence-corrected chi connectivity index (χ4v) is 2.45. The van der Waals surface area contributed by atoms with Gasteiger partial charge in [0.05, 0.1) is 5.75 Å². The van der Waals surface area contributed by atoms with Gasteiger partial charge in [-0.3, -0.25) is 0 Å². The highest BCUT2D eigenvalue weighted by molar-refractivity contribution is 7.88. The Kier molecular flexibility index (Phi) is 4.09. The Hall–Kier alpha value is -1.33.